The van der Waals surface area contributed by atoms with Gasteiger partial charge in [0, 0.05) is 26.0 Å². The fraction of sp³-hybridized carbons (Fsp3) is 0.667. The van der Waals surface area contributed by atoms with E-state index in [-0.39, 0.29) is 45.8 Å². The van der Waals surface area contributed by atoms with Crippen LogP contribution in [0.1, 0.15) is 51.5 Å². The SMILES string of the molecule is CCCCOC(=O)N(CCCCC(F)(F)C(F)(F)F)CCOc1ccc(CC(OCC)C(=O)O)cc1. The number of rotatable bonds is 17. The summed E-state index contributed by atoms with van der Waals surface area (Å²) in [5, 5.41) is 9.17. The number of hydrogen-bond donors (Lipinski definition) is 1. The zero-order valence-corrected chi connectivity index (χ0v) is 20.5. The van der Waals surface area contributed by atoms with E-state index in [1.165, 1.54) is 4.90 Å². The summed E-state index contributed by atoms with van der Waals surface area (Å²) in [6, 6.07) is 6.62. The van der Waals surface area contributed by atoms with E-state index < -0.39 is 43.1 Å². The van der Waals surface area contributed by atoms with Crippen LogP contribution in [0.2, 0.25) is 0 Å². The van der Waals surface area contributed by atoms with Gasteiger partial charge >= 0.3 is 24.2 Å². The maximum Gasteiger partial charge on any atom is 0.453 e. The quantitative estimate of drug-likeness (QED) is 0.207. The Morgan fingerprint density at radius 3 is 2.19 bits per heavy atom. The van der Waals surface area contributed by atoms with Crippen molar-refractivity contribution in [2.45, 2.75) is 70.6 Å². The van der Waals surface area contributed by atoms with Gasteiger partial charge in [-0.05, 0) is 43.9 Å². The second-order valence-corrected chi connectivity index (χ2v) is 8.09. The maximum absolute atomic E-state index is 13.1. The van der Waals surface area contributed by atoms with Crippen molar-refractivity contribution in [3.05, 3.63) is 29.8 Å². The average Bonchev–Trinajstić information content (AvgIpc) is 2.80. The van der Waals surface area contributed by atoms with E-state index in [9.17, 15) is 36.6 Å². The normalized spacial score (nSPS) is 12.8. The molecule has 0 radical (unpaired) electrons. The number of nitrogens with zero attached hydrogens (tertiary/aromatic N) is 1. The summed E-state index contributed by atoms with van der Waals surface area (Å²) in [5.41, 5.74) is 0.722. The summed E-state index contributed by atoms with van der Waals surface area (Å²) >= 11 is 0. The molecule has 1 aromatic carbocycles. The molecule has 36 heavy (non-hydrogen) atoms. The first-order valence-corrected chi connectivity index (χ1v) is 11.8. The Bertz CT molecular complexity index is 788. The monoisotopic (exact) mass is 527 g/mol. The van der Waals surface area contributed by atoms with Crippen LogP contribution in [0.5, 0.6) is 5.75 Å². The number of aliphatic carboxylic acids is 1. The molecule has 0 aromatic heterocycles. The first-order chi connectivity index (χ1) is 16.9. The first kappa shape index (κ1) is 31.4. The molecule has 206 valence electrons. The third-order valence-electron chi connectivity index (χ3n) is 5.18. The highest BCUT2D eigenvalue weighted by Crippen LogP contribution is 2.39. The highest BCUT2D eigenvalue weighted by atomic mass is 19.4. The van der Waals surface area contributed by atoms with Crippen LogP contribution in [0, 0.1) is 0 Å². The minimum absolute atomic E-state index is 0.0254. The van der Waals surface area contributed by atoms with Gasteiger partial charge < -0.3 is 24.2 Å². The third kappa shape index (κ3) is 11.4. The molecule has 0 aliphatic heterocycles. The van der Waals surface area contributed by atoms with E-state index in [1.807, 2.05) is 6.92 Å². The molecule has 1 unspecified atom stereocenters. The van der Waals surface area contributed by atoms with Crippen LogP contribution in [0.4, 0.5) is 26.7 Å². The number of benzene rings is 1. The maximum atomic E-state index is 13.1. The minimum Gasteiger partial charge on any atom is -0.492 e. The number of ether oxygens (including phenoxy) is 3. The van der Waals surface area contributed by atoms with Crippen LogP contribution in [-0.2, 0) is 20.7 Å². The second-order valence-electron chi connectivity index (χ2n) is 8.09. The molecule has 0 saturated heterocycles. The molecule has 0 spiro atoms. The fourth-order valence-electron chi connectivity index (χ4n) is 3.11. The highest BCUT2D eigenvalue weighted by Gasteiger charge is 2.56. The number of carbonyl (C=O) groups is 2. The van der Waals surface area contributed by atoms with Gasteiger partial charge in [0.2, 0.25) is 0 Å². The molecule has 1 amide bonds. The van der Waals surface area contributed by atoms with Gasteiger partial charge in [-0.25, -0.2) is 9.59 Å². The lowest BCUT2D eigenvalue weighted by Gasteiger charge is -2.23. The van der Waals surface area contributed by atoms with Crippen LogP contribution in [-0.4, -0.2) is 73.2 Å². The van der Waals surface area contributed by atoms with Crippen LogP contribution < -0.4 is 4.74 Å². The lowest BCUT2D eigenvalue weighted by Crippen LogP contribution is -2.37. The van der Waals surface area contributed by atoms with Crippen LogP contribution >= 0.6 is 0 Å². The van der Waals surface area contributed by atoms with Crippen molar-refractivity contribution in [2.75, 3.05) is 32.9 Å². The van der Waals surface area contributed by atoms with Gasteiger partial charge in [0.15, 0.2) is 6.10 Å². The van der Waals surface area contributed by atoms with Gasteiger partial charge in [0.05, 0.1) is 13.2 Å². The predicted octanol–water partition coefficient (Wildman–Crippen LogP) is 5.70. The molecule has 0 saturated carbocycles. The molecule has 7 nitrogen and oxygen atoms in total. The number of halogens is 5. The van der Waals surface area contributed by atoms with Gasteiger partial charge in [0.1, 0.15) is 12.4 Å². The van der Waals surface area contributed by atoms with Crippen molar-refractivity contribution in [3.63, 3.8) is 0 Å². The Morgan fingerprint density at radius 1 is 0.972 bits per heavy atom. The number of hydrogen-bond acceptors (Lipinski definition) is 5. The van der Waals surface area contributed by atoms with Crippen molar-refractivity contribution >= 4 is 12.1 Å². The summed E-state index contributed by atoms with van der Waals surface area (Å²) in [7, 11) is 0. The standard InChI is InChI=1S/C24H34F5NO6/c1-3-5-15-36-22(33)30(13-7-6-12-23(25,26)24(27,28)29)14-16-35-19-10-8-18(9-11-19)17-20(21(31)32)34-4-2/h8-11,20H,3-7,12-17H2,1-2H3,(H,31,32). The molecule has 0 aliphatic rings. The number of unbranched alkanes of at least 4 members (excludes halogenated alkanes) is 2. The lowest BCUT2D eigenvalue weighted by atomic mass is 10.1. The predicted molar refractivity (Wildman–Crippen MR) is 121 cm³/mol. The Balaban J connectivity index is 2.61. The topological polar surface area (TPSA) is 85.3 Å². The van der Waals surface area contributed by atoms with E-state index in [0.29, 0.717) is 12.2 Å². The van der Waals surface area contributed by atoms with Crippen LogP contribution in [0.15, 0.2) is 24.3 Å². The number of carbonyl (C=O) groups excluding carboxylic acids is 1. The van der Waals surface area contributed by atoms with E-state index >= 15 is 0 Å². The Kier molecular flexibility index (Phi) is 13.5. The molecule has 0 fully saturated rings. The zero-order valence-electron chi connectivity index (χ0n) is 20.5. The largest absolute Gasteiger partial charge is 0.492 e. The first-order valence-electron chi connectivity index (χ1n) is 11.8. The Morgan fingerprint density at radius 2 is 1.64 bits per heavy atom. The van der Waals surface area contributed by atoms with Gasteiger partial charge in [-0.3, -0.25) is 0 Å². The number of amides is 1. The lowest BCUT2D eigenvalue weighted by molar-refractivity contribution is -0.284. The van der Waals surface area contributed by atoms with Crippen molar-refractivity contribution in [1.29, 1.82) is 0 Å². The Hall–Kier alpha value is -2.63. The summed E-state index contributed by atoms with van der Waals surface area (Å²) in [6.07, 6.45) is -7.51. The zero-order chi connectivity index (χ0) is 27.2. The molecule has 0 bridgehead atoms. The van der Waals surface area contributed by atoms with Gasteiger partial charge in [-0.15, -0.1) is 0 Å². The summed E-state index contributed by atoms with van der Waals surface area (Å²) in [4.78, 5) is 24.8. The van der Waals surface area contributed by atoms with Crippen molar-refractivity contribution in [2.24, 2.45) is 0 Å². The van der Waals surface area contributed by atoms with E-state index in [1.54, 1.807) is 31.2 Å². The molecule has 0 aliphatic carbocycles. The molecule has 1 aromatic rings. The van der Waals surface area contributed by atoms with Crippen LogP contribution in [0.25, 0.3) is 0 Å². The number of alkyl halides is 5. The molecule has 1 atom stereocenters. The smallest absolute Gasteiger partial charge is 0.453 e. The van der Waals surface area contributed by atoms with Crippen molar-refractivity contribution in [3.8, 4) is 5.75 Å². The Labute approximate surface area is 207 Å². The summed E-state index contributed by atoms with van der Waals surface area (Å²) in [6.45, 7) is 4.04. The molecule has 12 heteroatoms. The molecule has 1 rings (SSSR count). The highest BCUT2D eigenvalue weighted by molar-refractivity contribution is 5.72. The second kappa shape index (κ2) is 15.5. The van der Waals surface area contributed by atoms with Gasteiger partial charge in [-0.1, -0.05) is 25.5 Å². The van der Waals surface area contributed by atoms with Gasteiger partial charge in [-0.2, -0.15) is 22.0 Å². The van der Waals surface area contributed by atoms with E-state index in [0.717, 1.165) is 12.0 Å². The van der Waals surface area contributed by atoms with Crippen molar-refractivity contribution < 1.29 is 50.9 Å². The number of carboxylic acids is 1. The van der Waals surface area contributed by atoms with E-state index in [4.69, 9.17) is 14.2 Å². The van der Waals surface area contributed by atoms with Gasteiger partial charge in [0.25, 0.3) is 0 Å². The molecule has 1 N–H and O–H groups in total. The fourth-order valence-corrected chi connectivity index (χ4v) is 3.11. The van der Waals surface area contributed by atoms with Crippen molar-refractivity contribution in [1.82, 2.24) is 4.90 Å². The molecular formula is C24H34F5NO6. The minimum atomic E-state index is -5.60. The van der Waals surface area contributed by atoms with E-state index in [2.05, 4.69) is 0 Å². The third-order valence-corrected chi connectivity index (χ3v) is 5.18. The molecular weight excluding hydrogens is 493 g/mol. The average molecular weight is 528 g/mol. The summed E-state index contributed by atoms with van der Waals surface area (Å²) in [5.74, 6) is -5.39. The number of carboxylic acid groups (broad SMARTS) is 1. The molecule has 0 heterocycles. The van der Waals surface area contributed by atoms with Crippen LogP contribution in [0.3, 0.4) is 0 Å². The summed E-state index contributed by atoms with van der Waals surface area (Å²) < 4.78 is 79.1.